The zero-order chi connectivity index (χ0) is 25.4. The third-order valence-electron chi connectivity index (χ3n) is 5.35. The first-order chi connectivity index (χ1) is 15.7. The number of carbonyl (C=O) groups excluding carboxylic acids is 1. The van der Waals surface area contributed by atoms with Gasteiger partial charge in [0.25, 0.3) is 11.5 Å². The number of pyridine rings is 1. The molecular formula is C24H23F3N2O5. The van der Waals surface area contributed by atoms with Crippen LogP contribution in [-0.2, 0) is 22.9 Å². The number of amides is 1. The van der Waals surface area contributed by atoms with E-state index in [1.165, 1.54) is 0 Å². The summed E-state index contributed by atoms with van der Waals surface area (Å²) in [7, 11) is 0. The second-order valence-electron chi connectivity index (χ2n) is 8.87. The smallest absolute Gasteiger partial charge is 0.416 e. The Morgan fingerprint density at radius 3 is 2.12 bits per heavy atom. The van der Waals surface area contributed by atoms with Crippen molar-refractivity contribution in [1.29, 1.82) is 0 Å². The number of aromatic nitrogens is 1. The van der Waals surface area contributed by atoms with Crippen LogP contribution in [0.2, 0.25) is 0 Å². The number of fused-ring (bicyclic) bond motifs is 1. The number of aromatic hydroxyl groups is 1. The largest absolute Gasteiger partial charge is 0.506 e. The van der Waals surface area contributed by atoms with Crippen LogP contribution in [0.4, 0.5) is 13.2 Å². The normalized spacial score (nSPS) is 12.1. The maximum absolute atomic E-state index is 13.3. The van der Waals surface area contributed by atoms with Gasteiger partial charge in [0.2, 0.25) is 0 Å². The van der Waals surface area contributed by atoms with E-state index in [0.717, 1.165) is 22.3 Å². The predicted octanol–water partition coefficient (Wildman–Crippen LogP) is 3.89. The number of nitrogens with one attached hydrogen (secondary N) is 1. The molecule has 2 aromatic carbocycles. The third-order valence-corrected chi connectivity index (χ3v) is 5.35. The number of rotatable bonds is 5. The number of alkyl halides is 3. The Bertz CT molecular complexity index is 1320. The minimum Gasteiger partial charge on any atom is -0.506 e. The number of halogens is 3. The van der Waals surface area contributed by atoms with Crippen LogP contribution >= 0.6 is 0 Å². The molecule has 3 aromatic rings. The molecule has 1 aromatic heterocycles. The minimum atomic E-state index is -4.73. The molecule has 0 saturated carbocycles. The summed E-state index contributed by atoms with van der Waals surface area (Å²) < 4.78 is 40.9. The van der Waals surface area contributed by atoms with E-state index in [9.17, 15) is 32.7 Å². The van der Waals surface area contributed by atoms with Gasteiger partial charge in [0.1, 0.15) is 17.9 Å². The predicted molar refractivity (Wildman–Crippen MR) is 119 cm³/mol. The Kier molecular flexibility index (Phi) is 6.46. The van der Waals surface area contributed by atoms with Gasteiger partial charge in [-0.05, 0) is 34.7 Å². The number of carbonyl (C=O) groups is 2. The fourth-order valence-corrected chi connectivity index (χ4v) is 3.52. The average Bonchev–Trinajstić information content (AvgIpc) is 2.74. The lowest BCUT2D eigenvalue weighted by atomic mass is 9.87. The monoisotopic (exact) mass is 476 g/mol. The summed E-state index contributed by atoms with van der Waals surface area (Å²) in [5.41, 5.74) is -1.34. The fourth-order valence-electron chi connectivity index (χ4n) is 3.52. The van der Waals surface area contributed by atoms with Crippen molar-refractivity contribution in [3.05, 3.63) is 75.1 Å². The lowest BCUT2D eigenvalue weighted by Crippen LogP contribution is -2.36. The Morgan fingerprint density at radius 2 is 1.59 bits per heavy atom. The molecule has 3 N–H and O–H groups in total. The van der Waals surface area contributed by atoms with Crippen molar-refractivity contribution in [3.8, 4) is 5.75 Å². The third kappa shape index (κ3) is 5.05. The highest BCUT2D eigenvalue weighted by atomic mass is 19.4. The topological polar surface area (TPSA) is 109 Å². The Hall–Kier alpha value is -3.82. The molecule has 0 radical (unpaired) electrons. The molecule has 7 nitrogen and oxygen atoms in total. The van der Waals surface area contributed by atoms with Crippen LogP contribution in [-0.4, -0.2) is 33.2 Å². The van der Waals surface area contributed by atoms with Gasteiger partial charge in [0.05, 0.1) is 17.6 Å². The summed E-state index contributed by atoms with van der Waals surface area (Å²) in [5, 5.41) is 21.0. The van der Waals surface area contributed by atoms with Crippen LogP contribution in [0.1, 0.15) is 47.8 Å². The number of carboxylic acid groups (broad SMARTS) is 1. The van der Waals surface area contributed by atoms with Crippen LogP contribution in [0.3, 0.4) is 0 Å². The van der Waals surface area contributed by atoms with Crippen molar-refractivity contribution in [2.45, 2.75) is 38.9 Å². The van der Waals surface area contributed by atoms with E-state index in [2.05, 4.69) is 0 Å². The molecule has 1 heterocycles. The van der Waals surface area contributed by atoms with Crippen molar-refractivity contribution in [3.63, 3.8) is 0 Å². The van der Waals surface area contributed by atoms with Gasteiger partial charge in [-0.3, -0.25) is 14.4 Å². The number of aliphatic carboxylic acids is 1. The van der Waals surface area contributed by atoms with Gasteiger partial charge >= 0.3 is 12.1 Å². The highest BCUT2D eigenvalue weighted by Gasteiger charge is 2.32. The molecule has 10 heteroatoms. The van der Waals surface area contributed by atoms with E-state index < -0.39 is 47.0 Å². The van der Waals surface area contributed by atoms with E-state index in [-0.39, 0.29) is 22.9 Å². The van der Waals surface area contributed by atoms with E-state index >= 15 is 0 Å². The maximum Gasteiger partial charge on any atom is 0.416 e. The second-order valence-corrected chi connectivity index (χ2v) is 8.87. The van der Waals surface area contributed by atoms with Gasteiger partial charge in [-0.1, -0.05) is 45.0 Å². The van der Waals surface area contributed by atoms with Crippen molar-refractivity contribution in [1.82, 2.24) is 9.88 Å². The summed E-state index contributed by atoms with van der Waals surface area (Å²) in [6.45, 7) is 5.15. The van der Waals surface area contributed by atoms with E-state index in [1.807, 2.05) is 38.2 Å². The molecular weight excluding hydrogens is 453 g/mol. The number of nitrogens with zero attached hydrogens (tertiary/aromatic N) is 1. The maximum atomic E-state index is 13.3. The molecule has 0 saturated heterocycles. The summed E-state index contributed by atoms with van der Waals surface area (Å²) in [4.78, 5) is 36.5. The Balaban J connectivity index is 2.21. The Morgan fingerprint density at radius 1 is 1.00 bits per heavy atom. The summed E-state index contributed by atoms with van der Waals surface area (Å²) in [6.07, 6.45) is -4.73. The van der Waals surface area contributed by atoms with E-state index in [4.69, 9.17) is 5.11 Å². The van der Waals surface area contributed by atoms with Gasteiger partial charge in [-0.15, -0.1) is 0 Å². The van der Waals surface area contributed by atoms with Crippen LogP contribution in [0.25, 0.3) is 10.9 Å². The van der Waals surface area contributed by atoms with Crippen molar-refractivity contribution in [2.24, 2.45) is 0 Å². The number of carboxylic acids is 1. The van der Waals surface area contributed by atoms with Crippen LogP contribution in [0.5, 0.6) is 5.75 Å². The van der Waals surface area contributed by atoms with Gasteiger partial charge in [0, 0.05) is 5.39 Å². The standard InChI is InChI=1S/C24H23F3N2O5/c1-23(2,3)14-6-4-13(5-7-14)12-29-17-9-8-15(24(25,26)27)10-16(17)20(32)19(22(29)34)21(33)28-11-18(30)31/h4-10,32H,11-12H2,1-3H3,(H,28,33)(H,30,31). The van der Waals surface area contributed by atoms with Crippen LogP contribution in [0, 0.1) is 0 Å². The molecule has 180 valence electrons. The molecule has 0 unspecified atom stereocenters. The van der Waals surface area contributed by atoms with Gasteiger partial charge in [-0.2, -0.15) is 13.2 Å². The zero-order valence-electron chi connectivity index (χ0n) is 18.7. The molecule has 0 aliphatic heterocycles. The van der Waals surface area contributed by atoms with Crippen LogP contribution < -0.4 is 10.9 Å². The molecule has 3 rings (SSSR count). The zero-order valence-corrected chi connectivity index (χ0v) is 18.7. The molecule has 0 spiro atoms. The number of hydrogen-bond donors (Lipinski definition) is 3. The first kappa shape index (κ1) is 24.8. The van der Waals surface area contributed by atoms with Crippen LogP contribution in [0.15, 0.2) is 47.3 Å². The van der Waals surface area contributed by atoms with E-state index in [1.54, 1.807) is 12.1 Å². The van der Waals surface area contributed by atoms with Crippen molar-refractivity contribution < 1.29 is 33.0 Å². The van der Waals surface area contributed by atoms with Gasteiger partial charge in [-0.25, -0.2) is 0 Å². The quantitative estimate of drug-likeness (QED) is 0.518. The van der Waals surface area contributed by atoms with Gasteiger partial charge < -0.3 is 20.1 Å². The Labute approximate surface area is 192 Å². The van der Waals surface area contributed by atoms with Gasteiger partial charge in [0.15, 0.2) is 0 Å². The fraction of sp³-hybridized carbons (Fsp3) is 0.292. The molecule has 34 heavy (non-hydrogen) atoms. The first-order valence-corrected chi connectivity index (χ1v) is 10.3. The molecule has 0 fully saturated rings. The summed E-state index contributed by atoms with van der Waals surface area (Å²) in [5.74, 6) is -3.55. The average molecular weight is 476 g/mol. The molecule has 0 bridgehead atoms. The molecule has 0 aliphatic rings. The molecule has 0 atom stereocenters. The lowest BCUT2D eigenvalue weighted by molar-refractivity contribution is -0.137. The summed E-state index contributed by atoms with van der Waals surface area (Å²) >= 11 is 0. The number of hydrogen-bond acceptors (Lipinski definition) is 4. The number of benzene rings is 2. The second kappa shape index (κ2) is 8.85. The molecule has 0 aliphatic carbocycles. The SMILES string of the molecule is CC(C)(C)c1ccc(Cn2c(=O)c(C(=O)NCC(=O)O)c(O)c3cc(C(F)(F)F)ccc32)cc1. The first-order valence-electron chi connectivity index (χ1n) is 10.3. The summed E-state index contributed by atoms with van der Waals surface area (Å²) in [6, 6.07) is 9.75. The van der Waals surface area contributed by atoms with Crippen molar-refractivity contribution in [2.75, 3.05) is 6.54 Å². The molecule has 1 amide bonds. The van der Waals surface area contributed by atoms with E-state index in [0.29, 0.717) is 11.6 Å². The minimum absolute atomic E-state index is 0.00909. The lowest BCUT2D eigenvalue weighted by Gasteiger charge is -2.20. The van der Waals surface area contributed by atoms with Crippen molar-refractivity contribution >= 4 is 22.8 Å². The highest BCUT2D eigenvalue weighted by Crippen LogP contribution is 2.35. The highest BCUT2D eigenvalue weighted by molar-refractivity contribution is 6.03.